The van der Waals surface area contributed by atoms with Gasteiger partial charge >= 0.3 is 0 Å². The molecule has 0 aromatic heterocycles. The predicted molar refractivity (Wildman–Crippen MR) is 66.5 cm³/mol. The number of hydrogen-bond acceptors (Lipinski definition) is 3. The van der Waals surface area contributed by atoms with Crippen LogP contribution in [0.5, 0.6) is 0 Å². The van der Waals surface area contributed by atoms with E-state index in [4.69, 9.17) is 4.74 Å². The monoisotopic (exact) mass is 230 g/mol. The lowest BCUT2D eigenvalue weighted by Crippen LogP contribution is -2.43. The average Bonchev–Trinajstić information content (AvgIpc) is 2.24. The number of rotatable bonds is 8. The summed E-state index contributed by atoms with van der Waals surface area (Å²) in [6, 6.07) is 0.529. The summed E-state index contributed by atoms with van der Waals surface area (Å²) in [6.45, 7) is 7.20. The second kappa shape index (κ2) is 8.53. The van der Waals surface area contributed by atoms with Crippen molar-refractivity contribution in [3.05, 3.63) is 0 Å². The van der Waals surface area contributed by atoms with E-state index in [1.165, 1.54) is 0 Å². The summed E-state index contributed by atoms with van der Waals surface area (Å²) in [5.41, 5.74) is 0. The molecule has 0 bridgehead atoms. The third-order valence-corrected chi connectivity index (χ3v) is 2.71. The molecular formula is C12H26N2O2. The molecule has 0 aliphatic rings. The molecule has 0 aromatic carbocycles. The first-order valence-electron chi connectivity index (χ1n) is 6.00. The molecule has 4 heteroatoms. The van der Waals surface area contributed by atoms with Crippen molar-refractivity contribution in [3.63, 3.8) is 0 Å². The van der Waals surface area contributed by atoms with Crippen LogP contribution in [0.4, 0.5) is 0 Å². The molecule has 0 fully saturated rings. The first-order valence-corrected chi connectivity index (χ1v) is 6.00. The van der Waals surface area contributed by atoms with Crippen LogP contribution in [-0.4, -0.2) is 50.2 Å². The maximum atomic E-state index is 11.7. The fourth-order valence-electron chi connectivity index (χ4n) is 1.44. The minimum Gasteiger partial charge on any atom is -0.383 e. The standard InChI is InChI=1S/C12H26N2O2/c1-6-7-11(9-16-5)13-8-12(15)14(4)10(2)3/h10-11,13H,6-9H2,1-5H3. The third-order valence-electron chi connectivity index (χ3n) is 2.71. The van der Waals surface area contributed by atoms with Crippen LogP contribution in [0.25, 0.3) is 0 Å². The fourth-order valence-corrected chi connectivity index (χ4v) is 1.44. The molecule has 96 valence electrons. The van der Waals surface area contributed by atoms with Crippen molar-refractivity contribution in [1.29, 1.82) is 0 Å². The maximum absolute atomic E-state index is 11.7. The molecule has 1 N–H and O–H groups in total. The highest BCUT2D eigenvalue weighted by Gasteiger charge is 2.14. The number of ether oxygens (including phenoxy) is 1. The molecule has 0 aliphatic carbocycles. The molecule has 0 rings (SSSR count). The number of carbonyl (C=O) groups is 1. The largest absolute Gasteiger partial charge is 0.383 e. The van der Waals surface area contributed by atoms with Crippen molar-refractivity contribution in [3.8, 4) is 0 Å². The van der Waals surface area contributed by atoms with Crippen molar-refractivity contribution < 1.29 is 9.53 Å². The lowest BCUT2D eigenvalue weighted by molar-refractivity contribution is -0.130. The molecule has 0 spiro atoms. The van der Waals surface area contributed by atoms with Gasteiger partial charge in [-0.05, 0) is 20.3 Å². The van der Waals surface area contributed by atoms with Crippen LogP contribution in [0.3, 0.4) is 0 Å². The molecule has 0 aliphatic heterocycles. The normalized spacial score (nSPS) is 12.9. The molecule has 16 heavy (non-hydrogen) atoms. The Morgan fingerprint density at radius 2 is 2.06 bits per heavy atom. The number of hydrogen-bond donors (Lipinski definition) is 1. The summed E-state index contributed by atoms with van der Waals surface area (Å²) in [5, 5.41) is 3.24. The molecule has 1 unspecified atom stereocenters. The van der Waals surface area contributed by atoms with Crippen LogP contribution >= 0.6 is 0 Å². The molecule has 1 atom stereocenters. The van der Waals surface area contributed by atoms with Gasteiger partial charge in [-0.1, -0.05) is 13.3 Å². The number of nitrogens with one attached hydrogen (secondary N) is 1. The van der Waals surface area contributed by atoms with Crippen LogP contribution in [0.1, 0.15) is 33.6 Å². The fraction of sp³-hybridized carbons (Fsp3) is 0.917. The zero-order chi connectivity index (χ0) is 12.6. The molecule has 1 amide bonds. The Morgan fingerprint density at radius 1 is 1.44 bits per heavy atom. The van der Waals surface area contributed by atoms with E-state index in [-0.39, 0.29) is 18.0 Å². The van der Waals surface area contributed by atoms with E-state index in [2.05, 4.69) is 12.2 Å². The number of likely N-dealkylation sites (N-methyl/N-ethyl adjacent to an activating group) is 1. The Morgan fingerprint density at radius 3 is 2.50 bits per heavy atom. The summed E-state index contributed by atoms with van der Waals surface area (Å²) in [6.07, 6.45) is 2.13. The molecule has 0 heterocycles. The third kappa shape index (κ3) is 6.08. The van der Waals surface area contributed by atoms with Crippen molar-refractivity contribution in [2.45, 2.75) is 45.7 Å². The second-order valence-electron chi connectivity index (χ2n) is 4.42. The molecule has 0 radical (unpaired) electrons. The van der Waals surface area contributed by atoms with E-state index < -0.39 is 0 Å². The predicted octanol–water partition coefficient (Wildman–Crippen LogP) is 1.26. The van der Waals surface area contributed by atoms with Crippen LogP contribution in [0.15, 0.2) is 0 Å². The van der Waals surface area contributed by atoms with Crippen LogP contribution in [-0.2, 0) is 9.53 Å². The smallest absolute Gasteiger partial charge is 0.236 e. The van der Waals surface area contributed by atoms with Gasteiger partial charge in [0.15, 0.2) is 0 Å². The minimum atomic E-state index is 0.132. The van der Waals surface area contributed by atoms with Crippen LogP contribution in [0.2, 0.25) is 0 Å². The van der Waals surface area contributed by atoms with Crippen molar-refractivity contribution in [2.75, 3.05) is 27.3 Å². The highest BCUT2D eigenvalue weighted by atomic mass is 16.5. The van der Waals surface area contributed by atoms with Crippen molar-refractivity contribution >= 4 is 5.91 Å². The quantitative estimate of drug-likeness (QED) is 0.682. The summed E-state index contributed by atoms with van der Waals surface area (Å²) in [4.78, 5) is 13.5. The van der Waals surface area contributed by atoms with Gasteiger partial charge in [-0.25, -0.2) is 0 Å². The first-order chi connectivity index (χ1) is 7.52. The Hall–Kier alpha value is -0.610. The Kier molecular flexibility index (Phi) is 8.21. The van der Waals surface area contributed by atoms with Gasteiger partial charge in [0.05, 0.1) is 13.2 Å². The summed E-state index contributed by atoms with van der Waals surface area (Å²) >= 11 is 0. The highest BCUT2D eigenvalue weighted by molar-refractivity contribution is 5.78. The van der Waals surface area contributed by atoms with E-state index in [1.807, 2.05) is 20.9 Å². The molecular weight excluding hydrogens is 204 g/mol. The Bertz CT molecular complexity index is 189. The SMILES string of the molecule is CCCC(COC)NCC(=O)N(C)C(C)C. The van der Waals surface area contributed by atoms with E-state index in [0.717, 1.165) is 12.8 Å². The topological polar surface area (TPSA) is 41.6 Å². The zero-order valence-corrected chi connectivity index (χ0v) is 11.2. The lowest BCUT2D eigenvalue weighted by atomic mass is 10.2. The summed E-state index contributed by atoms with van der Waals surface area (Å²) in [5.74, 6) is 0.132. The zero-order valence-electron chi connectivity index (χ0n) is 11.2. The van der Waals surface area contributed by atoms with Crippen LogP contribution in [0, 0.1) is 0 Å². The van der Waals surface area contributed by atoms with Gasteiger partial charge in [0.1, 0.15) is 0 Å². The average molecular weight is 230 g/mol. The molecule has 4 nitrogen and oxygen atoms in total. The summed E-state index contributed by atoms with van der Waals surface area (Å²) < 4.78 is 5.11. The number of carbonyl (C=O) groups excluding carboxylic acids is 1. The number of methoxy groups -OCH3 is 1. The maximum Gasteiger partial charge on any atom is 0.236 e. The van der Waals surface area contributed by atoms with Gasteiger partial charge in [0, 0.05) is 26.2 Å². The molecule has 0 aromatic rings. The van der Waals surface area contributed by atoms with Crippen molar-refractivity contribution in [1.82, 2.24) is 10.2 Å². The summed E-state index contributed by atoms with van der Waals surface area (Å²) in [7, 11) is 3.52. The van der Waals surface area contributed by atoms with Gasteiger partial charge in [0.25, 0.3) is 0 Å². The highest BCUT2D eigenvalue weighted by Crippen LogP contribution is 1.98. The number of amides is 1. The Labute approximate surface area is 99.3 Å². The second-order valence-corrected chi connectivity index (χ2v) is 4.42. The van der Waals surface area contributed by atoms with Gasteiger partial charge < -0.3 is 15.0 Å². The van der Waals surface area contributed by atoms with Crippen molar-refractivity contribution in [2.24, 2.45) is 0 Å². The number of nitrogens with zero attached hydrogens (tertiary/aromatic N) is 1. The first kappa shape index (κ1) is 15.4. The molecule has 0 saturated carbocycles. The lowest BCUT2D eigenvalue weighted by Gasteiger charge is -2.23. The van der Waals surface area contributed by atoms with Gasteiger partial charge in [0.2, 0.25) is 5.91 Å². The molecule has 0 saturated heterocycles. The van der Waals surface area contributed by atoms with Gasteiger partial charge in [-0.2, -0.15) is 0 Å². The van der Waals surface area contributed by atoms with Gasteiger partial charge in [-0.15, -0.1) is 0 Å². The van der Waals surface area contributed by atoms with E-state index in [1.54, 1.807) is 12.0 Å². The van der Waals surface area contributed by atoms with E-state index >= 15 is 0 Å². The van der Waals surface area contributed by atoms with Crippen LogP contribution < -0.4 is 5.32 Å². The van der Waals surface area contributed by atoms with Gasteiger partial charge in [-0.3, -0.25) is 4.79 Å². The Balaban J connectivity index is 3.94. The van der Waals surface area contributed by atoms with E-state index in [0.29, 0.717) is 13.2 Å². The minimum absolute atomic E-state index is 0.132. The van der Waals surface area contributed by atoms with E-state index in [9.17, 15) is 4.79 Å².